The van der Waals surface area contributed by atoms with Gasteiger partial charge in [0.15, 0.2) is 0 Å². The van der Waals surface area contributed by atoms with Crippen molar-refractivity contribution in [1.82, 2.24) is 10.6 Å². The summed E-state index contributed by atoms with van der Waals surface area (Å²) in [7, 11) is 0. The number of carbonyl (C=O) groups is 3. The van der Waals surface area contributed by atoms with E-state index >= 15 is 0 Å². The zero-order valence-electron chi connectivity index (χ0n) is 17.5. The van der Waals surface area contributed by atoms with Gasteiger partial charge in [0.1, 0.15) is 12.1 Å². The second-order valence-electron chi connectivity index (χ2n) is 6.90. The lowest BCUT2D eigenvalue weighted by Gasteiger charge is -2.25. The Labute approximate surface area is 177 Å². The maximum atomic E-state index is 12.5. The SMILES string of the molecule is CCOC(=O)[C@H](CSC[C@H](NC(=O)c1ccccc1)[C@@H](C)CC)N[C@@H](C)C(=O)O. The standard InChI is InChI=1S/C21H32N2O5S/c1-5-14(3)17(23-19(24)16-10-8-7-9-11-16)12-29-13-18(21(27)28-6-2)22-15(4)20(25)26/h7-11,14-15,17-18,22H,5-6,12-13H2,1-4H3,(H,23,24)(H,25,26)/t14-,15-,17-,18-/m0/s1. The van der Waals surface area contributed by atoms with Crippen molar-refractivity contribution >= 4 is 29.6 Å². The van der Waals surface area contributed by atoms with Gasteiger partial charge in [0.25, 0.3) is 5.91 Å². The first-order valence-electron chi connectivity index (χ1n) is 9.89. The van der Waals surface area contributed by atoms with Crippen molar-refractivity contribution in [3.05, 3.63) is 35.9 Å². The lowest BCUT2D eigenvalue weighted by molar-refractivity contribution is -0.146. The van der Waals surface area contributed by atoms with Gasteiger partial charge < -0.3 is 15.2 Å². The molecular weight excluding hydrogens is 392 g/mol. The molecule has 3 N–H and O–H groups in total. The summed E-state index contributed by atoms with van der Waals surface area (Å²) in [5, 5.41) is 15.0. The molecule has 0 aliphatic heterocycles. The van der Waals surface area contributed by atoms with E-state index in [0.717, 1.165) is 6.42 Å². The third-order valence-corrected chi connectivity index (χ3v) is 5.82. The van der Waals surface area contributed by atoms with E-state index in [-0.39, 0.29) is 24.5 Å². The van der Waals surface area contributed by atoms with E-state index in [1.165, 1.54) is 18.7 Å². The van der Waals surface area contributed by atoms with Crippen LogP contribution in [0.5, 0.6) is 0 Å². The van der Waals surface area contributed by atoms with Crippen LogP contribution in [0, 0.1) is 5.92 Å². The van der Waals surface area contributed by atoms with Gasteiger partial charge in [-0.3, -0.25) is 19.7 Å². The van der Waals surface area contributed by atoms with Crippen molar-refractivity contribution < 1.29 is 24.2 Å². The number of carboxylic acids is 1. The topological polar surface area (TPSA) is 105 Å². The van der Waals surface area contributed by atoms with Crippen molar-refractivity contribution in [1.29, 1.82) is 0 Å². The monoisotopic (exact) mass is 424 g/mol. The fourth-order valence-corrected chi connectivity index (χ4v) is 3.86. The molecule has 0 saturated heterocycles. The van der Waals surface area contributed by atoms with Crippen LogP contribution in [0.1, 0.15) is 44.5 Å². The molecule has 0 unspecified atom stereocenters. The molecule has 0 saturated carbocycles. The Morgan fingerprint density at radius 1 is 1.10 bits per heavy atom. The number of benzene rings is 1. The summed E-state index contributed by atoms with van der Waals surface area (Å²) in [5.74, 6) is -0.423. The van der Waals surface area contributed by atoms with E-state index in [9.17, 15) is 14.4 Å². The van der Waals surface area contributed by atoms with Crippen LogP contribution in [-0.4, -0.2) is 59.2 Å². The Kier molecular flexibility index (Phi) is 11.4. The van der Waals surface area contributed by atoms with Gasteiger partial charge >= 0.3 is 11.9 Å². The lowest BCUT2D eigenvalue weighted by atomic mass is 10.0. The minimum atomic E-state index is -1.03. The molecule has 1 aromatic carbocycles. The normalized spacial score (nSPS) is 15.0. The summed E-state index contributed by atoms with van der Waals surface area (Å²) in [6.07, 6.45) is 0.899. The fraction of sp³-hybridized carbons (Fsp3) is 0.571. The molecule has 0 bridgehead atoms. The molecule has 29 heavy (non-hydrogen) atoms. The third-order valence-electron chi connectivity index (χ3n) is 4.66. The number of hydrogen-bond acceptors (Lipinski definition) is 6. The minimum Gasteiger partial charge on any atom is -0.480 e. The maximum Gasteiger partial charge on any atom is 0.324 e. The van der Waals surface area contributed by atoms with E-state index in [1.54, 1.807) is 19.1 Å². The van der Waals surface area contributed by atoms with Crippen LogP contribution in [-0.2, 0) is 14.3 Å². The highest BCUT2D eigenvalue weighted by Crippen LogP contribution is 2.16. The first kappa shape index (κ1) is 25.0. The summed E-state index contributed by atoms with van der Waals surface area (Å²) in [4.78, 5) is 35.8. The Morgan fingerprint density at radius 2 is 1.76 bits per heavy atom. The number of aliphatic carboxylic acids is 1. The van der Waals surface area contributed by atoms with Crippen molar-refractivity contribution in [3.63, 3.8) is 0 Å². The molecule has 0 fully saturated rings. The molecule has 1 rings (SSSR count). The third kappa shape index (κ3) is 8.87. The average molecular weight is 425 g/mol. The predicted octanol–water partition coefficient (Wildman–Crippen LogP) is 2.56. The maximum absolute atomic E-state index is 12.5. The van der Waals surface area contributed by atoms with E-state index in [1.807, 2.05) is 18.2 Å². The van der Waals surface area contributed by atoms with Gasteiger partial charge in [-0.2, -0.15) is 11.8 Å². The quantitative estimate of drug-likeness (QED) is 0.418. The van der Waals surface area contributed by atoms with Crippen molar-refractivity contribution in [2.24, 2.45) is 5.92 Å². The van der Waals surface area contributed by atoms with Crippen LogP contribution in [0.3, 0.4) is 0 Å². The van der Waals surface area contributed by atoms with Crippen LogP contribution < -0.4 is 10.6 Å². The number of rotatable bonds is 13. The van der Waals surface area contributed by atoms with Crippen LogP contribution in [0.15, 0.2) is 30.3 Å². The molecule has 0 radical (unpaired) electrons. The van der Waals surface area contributed by atoms with Gasteiger partial charge in [-0.05, 0) is 31.9 Å². The highest BCUT2D eigenvalue weighted by Gasteiger charge is 2.26. The molecule has 7 nitrogen and oxygen atoms in total. The number of thioether (sulfide) groups is 1. The van der Waals surface area contributed by atoms with Gasteiger partial charge in [0.2, 0.25) is 0 Å². The van der Waals surface area contributed by atoms with Gasteiger partial charge in [-0.1, -0.05) is 38.5 Å². The van der Waals surface area contributed by atoms with Crippen molar-refractivity contribution in [2.75, 3.05) is 18.1 Å². The number of hydrogen-bond donors (Lipinski definition) is 3. The highest BCUT2D eigenvalue weighted by molar-refractivity contribution is 7.99. The number of amides is 1. The van der Waals surface area contributed by atoms with Gasteiger partial charge in [0.05, 0.1) is 6.61 Å². The summed E-state index contributed by atoms with van der Waals surface area (Å²) >= 11 is 1.49. The minimum absolute atomic E-state index is 0.0718. The zero-order chi connectivity index (χ0) is 21.8. The Morgan fingerprint density at radius 3 is 2.31 bits per heavy atom. The first-order valence-corrected chi connectivity index (χ1v) is 11.0. The Balaban J connectivity index is 2.71. The summed E-state index contributed by atoms with van der Waals surface area (Å²) in [6.45, 7) is 7.56. The molecule has 0 aromatic heterocycles. The molecule has 0 aliphatic carbocycles. The zero-order valence-corrected chi connectivity index (χ0v) is 18.3. The Hall–Kier alpha value is -2.06. The van der Waals surface area contributed by atoms with E-state index in [2.05, 4.69) is 24.5 Å². The molecular formula is C21H32N2O5S. The molecule has 0 aliphatic rings. The fourth-order valence-electron chi connectivity index (χ4n) is 2.59. The molecule has 162 valence electrons. The molecule has 4 atom stereocenters. The van der Waals surface area contributed by atoms with Crippen LogP contribution in [0.4, 0.5) is 0 Å². The highest BCUT2D eigenvalue weighted by atomic mass is 32.2. The van der Waals surface area contributed by atoms with Gasteiger partial charge in [-0.15, -0.1) is 0 Å². The predicted molar refractivity (Wildman–Crippen MR) is 115 cm³/mol. The van der Waals surface area contributed by atoms with Gasteiger partial charge in [-0.25, -0.2) is 0 Å². The number of carbonyl (C=O) groups excluding carboxylic acids is 2. The first-order chi connectivity index (χ1) is 13.8. The number of esters is 1. The molecule has 8 heteroatoms. The van der Waals surface area contributed by atoms with Crippen molar-refractivity contribution in [3.8, 4) is 0 Å². The van der Waals surface area contributed by atoms with E-state index in [4.69, 9.17) is 9.84 Å². The number of carboxylic acid groups (broad SMARTS) is 1. The van der Waals surface area contributed by atoms with Crippen LogP contribution >= 0.6 is 11.8 Å². The largest absolute Gasteiger partial charge is 0.480 e. The van der Waals surface area contributed by atoms with Gasteiger partial charge in [0, 0.05) is 23.1 Å². The second-order valence-corrected chi connectivity index (χ2v) is 7.98. The van der Waals surface area contributed by atoms with E-state index < -0.39 is 24.0 Å². The van der Waals surface area contributed by atoms with Crippen LogP contribution in [0.25, 0.3) is 0 Å². The average Bonchev–Trinajstić information content (AvgIpc) is 2.71. The molecule has 1 aromatic rings. The van der Waals surface area contributed by atoms with Crippen molar-refractivity contribution in [2.45, 2.75) is 52.2 Å². The lowest BCUT2D eigenvalue weighted by Crippen LogP contribution is -2.48. The summed E-state index contributed by atoms with van der Waals surface area (Å²) in [6, 6.07) is 7.37. The number of nitrogens with one attached hydrogen (secondary N) is 2. The molecule has 0 spiro atoms. The summed E-state index contributed by atoms with van der Waals surface area (Å²) < 4.78 is 5.06. The summed E-state index contributed by atoms with van der Waals surface area (Å²) in [5.41, 5.74) is 0.604. The smallest absolute Gasteiger partial charge is 0.324 e. The molecule has 0 heterocycles. The second kappa shape index (κ2) is 13.2. The van der Waals surface area contributed by atoms with E-state index in [0.29, 0.717) is 17.1 Å². The van der Waals surface area contributed by atoms with Crippen LogP contribution in [0.2, 0.25) is 0 Å². The number of ether oxygens (including phenoxy) is 1. The Bertz CT molecular complexity index is 656. The molecule has 1 amide bonds.